The molecule has 2 aliphatic heterocycles. The maximum Gasteiger partial charge on any atom is 0.232 e. The fraction of sp³-hybridized carbons (Fsp3) is 0.321. The lowest BCUT2D eigenvalue weighted by Crippen LogP contribution is -2.65. The van der Waals surface area contributed by atoms with Gasteiger partial charge in [-0.1, -0.05) is 48.0 Å². The zero-order valence-corrected chi connectivity index (χ0v) is 20.3. The first-order chi connectivity index (χ1) is 16.9. The maximum atomic E-state index is 15.0. The van der Waals surface area contributed by atoms with Crippen LogP contribution < -0.4 is 4.74 Å². The largest absolute Gasteiger partial charge is 0.497 e. The highest BCUT2D eigenvalue weighted by molar-refractivity contribution is 6.31. The number of hydrogen-bond donors (Lipinski definition) is 0. The number of piperidine rings is 1. The molecule has 0 saturated carbocycles. The van der Waals surface area contributed by atoms with E-state index in [1.54, 1.807) is 18.1 Å². The SMILES string of the molecule is COc1ccc(CN2CCC3(CC2)C(=O)N(Cc2ccccc2Cl)C3c2ccc(F)cc2F)cc1. The van der Waals surface area contributed by atoms with Crippen LogP contribution in [0.5, 0.6) is 5.75 Å². The second kappa shape index (κ2) is 9.59. The van der Waals surface area contributed by atoms with Crippen LogP contribution in [0, 0.1) is 17.0 Å². The van der Waals surface area contributed by atoms with Gasteiger partial charge < -0.3 is 9.64 Å². The summed E-state index contributed by atoms with van der Waals surface area (Å²) in [5.41, 5.74) is 1.64. The van der Waals surface area contributed by atoms with Crippen molar-refractivity contribution in [3.8, 4) is 5.75 Å². The van der Waals surface area contributed by atoms with Gasteiger partial charge in [0.2, 0.25) is 5.91 Å². The van der Waals surface area contributed by atoms with Gasteiger partial charge >= 0.3 is 0 Å². The van der Waals surface area contributed by atoms with Crippen LogP contribution in [0.25, 0.3) is 0 Å². The van der Waals surface area contributed by atoms with E-state index < -0.39 is 23.1 Å². The van der Waals surface area contributed by atoms with E-state index in [2.05, 4.69) is 4.90 Å². The van der Waals surface area contributed by atoms with E-state index in [9.17, 15) is 13.6 Å². The number of benzene rings is 3. The third-order valence-corrected chi connectivity index (χ3v) is 7.76. The first-order valence-electron chi connectivity index (χ1n) is 11.8. The Morgan fingerprint density at radius 2 is 1.71 bits per heavy atom. The first-order valence-corrected chi connectivity index (χ1v) is 12.1. The molecule has 0 aliphatic carbocycles. The van der Waals surface area contributed by atoms with E-state index in [0.717, 1.165) is 37.0 Å². The van der Waals surface area contributed by atoms with E-state index in [0.29, 0.717) is 23.4 Å². The number of methoxy groups -OCH3 is 1. The van der Waals surface area contributed by atoms with E-state index in [1.165, 1.54) is 17.7 Å². The first kappa shape index (κ1) is 23.8. The van der Waals surface area contributed by atoms with Crippen molar-refractivity contribution in [1.82, 2.24) is 9.80 Å². The smallest absolute Gasteiger partial charge is 0.232 e. The molecule has 0 radical (unpaired) electrons. The predicted octanol–water partition coefficient (Wildman–Crippen LogP) is 5.99. The van der Waals surface area contributed by atoms with Gasteiger partial charge in [0.1, 0.15) is 17.4 Å². The molecule has 0 bridgehead atoms. The molecule has 0 N–H and O–H groups in total. The molecule has 1 amide bonds. The molecule has 4 nitrogen and oxygen atoms in total. The summed E-state index contributed by atoms with van der Waals surface area (Å²) >= 11 is 6.36. The molecule has 3 aromatic carbocycles. The van der Waals surface area contributed by atoms with Crippen molar-refractivity contribution in [2.45, 2.75) is 32.0 Å². The lowest BCUT2D eigenvalue weighted by atomic mass is 9.62. The fourth-order valence-electron chi connectivity index (χ4n) is 5.50. The highest BCUT2D eigenvalue weighted by Gasteiger charge is 2.61. The zero-order valence-electron chi connectivity index (χ0n) is 19.5. The van der Waals surface area contributed by atoms with Crippen LogP contribution in [0.15, 0.2) is 66.7 Å². The molecule has 1 spiro atoms. The van der Waals surface area contributed by atoms with E-state index >= 15 is 0 Å². The topological polar surface area (TPSA) is 32.8 Å². The molecule has 3 aromatic rings. The Labute approximate surface area is 209 Å². The molecule has 2 aliphatic rings. The number of halogens is 3. The van der Waals surface area contributed by atoms with Crippen LogP contribution in [-0.4, -0.2) is 35.9 Å². The summed E-state index contributed by atoms with van der Waals surface area (Å²) in [4.78, 5) is 17.6. The molecule has 2 saturated heterocycles. The third kappa shape index (κ3) is 4.41. The minimum Gasteiger partial charge on any atom is -0.497 e. The fourth-order valence-corrected chi connectivity index (χ4v) is 5.70. The summed E-state index contributed by atoms with van der Waals surface area (Å²) in [7, 11) is 1.64. The summed E-state index contributed by atoms with van der Waals surface area (Å²) in [6, 6.07) is 18.5. The summed E-state index contributed by atoms with van der Waals surface area (Å²) in [6.07, 6.45) is 1.23. The van der Waals surface area contributed by atoms with Gasteiger partial charge in [-0.2, -0.15) is 0 Å². The van der Waals surface area contributed by atoms with Gasteiger partial charge in [-0.15, -0.1) is 0 Å². The third-order valence-electron chi connectivity index (χ3n) is 7.39. The second-order valence-corrected chi connectivity index (χ2v) is 9.78. The average Bonchev–Trinajstić information content (AvgIpc) is 2.87. The van der Waals surface area contributed by atoms with Gasteiger partial charge in [-0.05, 0) is 61.3 Å². The van der Waals surface area contributed by atoms with Crippen LogP contribution >= 0.6 is 11.6 Å². The highest BCUT2D eigenvalue weighted by Crippen LogP contribution is 2.57. The molecule has 7 heteroatoms. The number of hydrogen-bond acceptors (Lipinski definition) is 3. The molecular weight excluding hydrogens is 470 g/mol. The van der Waals surface area contributed by atoms with Gasteiger partial charge in [0.15, 0.2) is 0 Å². The van der Waals surface area contributed by atoms with Crippen LogP contribution in [-0.2, 0) is 17.9 Å². The molecule has 5 rings (SSSR count). The maximum absolute atomic E-state index is 15.0. The molecule has 2 fully saturated rings. The number of likely N-dealkylation sites (tertiary alicyclic amines) is 2. The van der Waals surface area contributed by atoms with Crippen molar-refractivity contribution < 1.29 is 18.3 Å². The second-order valence-electron chi connectivity index (χ2n) is 9.37. The summed E-state index contributed by atoms with van der Waals surface area (Å²) in [6.45, 7) is 2.50. The molecule has 35 heavy (non-hydrogen) atoms. The highest BCUT2D eigenvalue weighted by atomic mass is 35.5. The zero-order chi connectivity index (χ0) is 24.6. The van der Waals surface area contributed by atoms with E-state index in [-0.39, 0.29) is 12.5 Å². The van der Waals surface area contributed by atoms with Crippen molar-refractivity contribution in [3.05, 3.63) is 100 Å². The molecule has 2 heterocycles. The normalized spacial score (nSPS) is 19.6. The summed E-state index contributed by atoms with van der Waals surface area (Å²) in [5, 5.41) is 0.564. The summed E-state index contributed by atoms with van der Waals surface area (Å²) in [5.74, 6) is -0.422. The van der Waals surface area contributed by atoms with Crippen LogP contribution in [0.3, 0.4) is 0 Å². The van der Waals surface area contributed by atoms with Crippen LogP contribution in [0.2, 0.25) is 5.02 Å². The number of nitrogens with zero attached hydrogens (tertiary/aromatic N) is 2. The van der Waals surface area contributed by atoms with Gasteiger partial charge in [-0.25, -0.2) is 8.78 Å². The van der Waals surface area contributed by atoms with Crippen molar-refractivity contribution in [1.29, 1.82) is 0 Å². The number of carbonyl (C=O) groups is 1. The predicted molar refractivity (Wildman–Crippen MR) is 131 cm³/mol. The molecular formula is C28H27ClF2N2O2. The van der Waals surface area contributed by atoms with Crippen molar-refractivity contribution >= 4 is 17.5 Å². The van der Waals surface area contributed by atoms with Crippen LogP contribution in [0.1, 0.15) is 35.6 Å². The minimum absolute atomic E-state index is 0.00948. The average molecular weight is 497 g/mol. The lowest BCUT2D eigenvalue weighted by Gasteiger charge is -2.59. The van der Waals surface area contributed by atoms with Gasteiger partial charge in [0.25, 0.3) is 0 Å². The Morgan fingerprint density at radius 1 is 1.00 bits per heavy atom. The number of β-lactam (4-membered cyclic amide) rings is 1. The minimum atomic E-state index is -0.698. The Kier molecular flexibility index (Phi) is 6.51. The van der Waals surface area contributed by atoms with E-state index in [4.69, 9.17) is 16.3 Å². The summed E-state index contributed by atoms with van der Waals surface area (Å²) < 4.78 is 33.9. The number of ether oxygens (including phenoxy) is 1. The lowest BCUT2D eigenvalue weighted by molar-refractivity contribution is -0.182. The molecule has 1 unspecified atom stereocenters. The van der Waals surface area contributed by atoms with Crippen molar-refractivity contribution in [2.24, 2.45) is 5.41 Å². The Hall–Kier alpha value is -2.96. The number of carbonyl (C=O) groups excluding carboxylic acids is 1. The quantitative estimate of drug-likeness (QED) is 0.393. The van der Waals surface area contributed by atoms with E-state index in [1.807, 2.05) is 42.5 Å². The molecule has 182 valence electrons. The molecule has 1 atom stereocenters. The Bertz CT molecular complexity index is 1230. The van der Waals surface area contributed by atoms with Gasteiger partial charge in [0.05, 0.1) is 18.6 Å². The molecule has 0 aromatic heterocycles. The Balaban J connectivity index is 1.38. The standard InChI is InChI=1S/C28H27ClF2N2O2/c1-35-22-9-6-19(7-10-22)17-32-14-12-28(13-15-32)26(23-11-8-21(30)16-25(23)31)33(27(28)34)18-20-4-2-3-5-24(20)29/h2-11,16,26H,12-15,17-18H2,1H3. The van der Waals surface area contributed by atoms with Gasteiger partial charge in [-0.3, -0.25) is 9.69 Å². The van der Waals surface area contributed by atoms with Gasteiger partial charge in [0, 0.05) is 29.7 Å². The number of rotatable bonds is 6. The van der Waals surface area contributed by atoms with Crippen LogP contribution in [0.4, 0.5) is 8.78 Å². The van der Waals surface area contributed by atoms with Crippen molar-refractivity contribution in [3.63, 3.8) is 0 Å². The number of amides is 1. The monoisotopic (exact) mass is 496 g/mol. The Morgan fingerprint density at radius 3 is 2.37 bits per heavy atom. The van der Waals surface area contributed by atoms with Crippen molar-refractivity contribution in [2.75, 3.05) is 20.2 Å².